The highest BCUT2D eigenvalue weighted by Gasteiger charge is 2.38. The number of fused-ring (bicyclic) bond motifs is 1. The molecule has 1 fully saturated rings. The Labute approximate surface area is 283 Å². The Morgan fingerprint density at radius 2 is 1.88 bits per heavy atom. The van der Waals surface area contributed by atoms with Crippen LogP contribution < -0.4 is 9.64 Å². The van der Waals surface area contributed by atoms with Gasteiger partial charge in [0, 0.05) is 36.8 Å². The van der Waals surface area contributed by atoms with Crippen LogP contribution in [0.25, 0.3) is 5.65 Å². The van der Waals surface area contributed by atoms with Gasteiger partial charge < -0.3 is 28.6 Å². The molecule has 0 amide bonds. The summed E-state index contributed by atoms with van der Waals surface area (Å²) in [6.07, 6.45) is 4.58. The minimum Gasteiger partial charge on any atom is -0.490 e. The molecule has 0 aliphatic carbocycles. The average Bonchev–Trinajstić information content (AvgIpc) is 3.42. The van der Waals surface area contributed by atoms with Gasteiger partial charge >= 0.3 is 5.97 Å². The van der Waals surface area contributed by atoms with Crippen molar-refractivity contribution in [1.82, 2.24) is 14.6 Å². The van der Waals surface area contributed by atoms with Crippen molar-refractivity contribution < 1.29 is 32.9 Å². The number of piperidine rings is 1. The Hall–Kier alpha value is -3.80. The molecule has 0 bridgehead atoms. The van der Waals surface area contributed by atoms with E-state index in [2.05, 4.69) is 25.0 Å². The first-order valence-electron chi connectivity index (χ1n) is 16.6. The van der Waals surface area contributed by atoms with E-state index in [1.54, 1.807) is 29.7 Å². The maximum atomic E-state index is 14.2. The normalized spacial score (nSPS) is 16.0. The lowest BCUT2D eigenvalue weighted by molar-refractivity contribution is -0.166. The Balaban J connectivity index is 1.70. The summed E-state index contributed by atoms with van der Waals surface area (Å²) in [6, 6.07) is 6.27. The van der Waals surface area contributed by atoms with Crippen LogP contribution in [0.2, 0.25) is 0 Å². The molecule has 0 saturated carbocycles. The third-order valence-electron chi connectivity index (χ3n) is 8.12. The standard InChI is InChI=1S/C37H51FN4O6/c1-10-13-25(4)47-30-15-14-28(38)21-27(30)23-44-24-29-22-31-39-26(5)32(33(35(43)45-12-3)48-36(6,7)8)34(42(31)40-29)41-18-16-37(9,17-19-41)46-20-11-2/h10-11,14-15,21-22,25,33H,1-2,12-13,16-20,23-24H2,3-9H3/t25-,33-/m0/s1. The summed E-state index contributed by atoms with van der Waals surface area (Å²) in [5.74, 6) is 0.417. The van der Waals surface area contributed by atoms with Gasteiger partial charge in [-0.1, -0.05) is 12.2 Å². The number of esters is 1. The van der Waals surface area contributed by atoms with E-state index in [9.17, 15) is 9.18 Å². The molecule has 3 aromatic rings. The molecule has 2 aromatic heterocycles. The lowest BCUT2D eigenvalue weighted by Gasteiger charge is -2.41. The molecular formula is C37H51FN4O6. The van der Waals surface area contributed by atoms with Gasteiger partial charge in [-0.05, 0) is 79.5 Å². The van der Waals surface area contributed by atoms with Crippen molar-refractivity contribution in [2.45, 2.75) is 104 Å². The number of hydrogen-bond donors (Lipinski definition) is 0. The highest BCUT2D eigenvalue weighted by atomic mass is 19.1. The monoisotopic (exact) mass is 666 g/mol. The first-order chi connectivity index (χ1) is 22.8. The Morgan fingerprint density at radius 1 is 1.15 bits per heavy atom. The van der Waals surface area contributed by atoms with Crippen molar-refractivity contribution >= 4 is 17.4 Å². The minimum absolute atomic E-state index is 0.117. The Kier molecular flexibility index (Phi) is 12.4. The van der Waals surface area contributed by atoms with Gasteiger partial charge in [0.15, 0.2) is 11.8 Å². The lowest BCUT2D eigenvalue weighted by Crippen LogP contribution is -2.45. The summed E-state index contributed by atoms with van der Waals surface area (Å²) in [5.41, 5.74) is 2.11. The molecule has 1 aliphatic rings. The lowest BCUT2D eigenvalue weighted by atomic mass is 9.92. The van der Waals surface area contributed by atoms with Crippen LogP contribution in [0.4, 0.5) is 10.2 Å². The van der Waals surface area contributed by atoms with Crippen LogP contribution in [-0.2, 0) is 37.0 Å². The molecule has 10 nitrogen and oxygen atoms in total. The molecule has 3 heterocycles. The number of ether oxygens (including phenoxy) is 5. The molecule has 262 valence electrons. The highest BCUT2D eigenvalue weighted by molar-refractivity contribution is 5.80. The molecule has 0 spiro atoms. The number of hydrogen-bond acceptors (Lipinski definition) is 9. The smallest absolute Gasteiger partial charge is 0.340 e. The summed E-state index contributed by atoms with van der Waals surface area (Å²) >= 11 is 0. The number of aromatic nitrogens is 3. The fourth-order valence-corrected chi connectivity index (χ4v) is 5.78. The molecule has 11 heteroatoms. The van der Waals surface area contributed by atoms with Gasteiger partial charge in [0.1, 0.15) is 17.4 Å². The number of carbonyl (C=O) groups excluding carboxylic acids is 1. The van der Waals surface area contributed by atoms with Crippen LogP contribution in [0, 0.1) is 12.7 Å². The fraction of sp³-hybridized carbons (Fsp3) is 0.541. The van der Waals surface area contributed by atoms with Gasteiger partial charge in [0.05, 0.1) is 55.0 Å². The maximum Gasteiger partial charge on any atom is 0.340 e. The van der Waals surface area contributed by atoms with Crippen molar-refractivity contribution in [2.24, 2.45) is 0 Å². The summed E-state index contributed by atoms with van der Waals surface area (Å²) in [4.78, 5) is 20.6. The van der Waals surface area contributed by atoms with Crippen molar-refractivity contribution in [1.29, 1.82) is 0 Å². The average molecular weight is 667 g/mol. The number of halogens is 1. The van der Waals surface area contributed by atoms with E-state index in [0.29, 0.717) is 65.8 Å². The molecule has 1 aromatic carbocycles. The molecule has 2 atom stereocenters. The summed E-state index contributed by atoms with van der Waals surface area (Å²) in [7, 11) is 0. The SMILES string of the molecule is C=CCOC1(C)CCN(c2c([C@H](OC(C)(C)C)C(=O)OCC)c(C)nc3cc(COCc4cc(F)ccc4O[C@@H](C)CC=C)nn23)CC1. The second-order valence-corrected chi connectivity index (χ2v) is 13.4. The number of rotatable bonds is 16. The van der Waals surface area contributed by atoms with Gasteiger partial charge in [-0.3, -0.25) is 0 Å². The van der Waals surface area contributed by atoms with Crippen LogP contribution in [0.15, 0.2) is 49.6 Å². The van der Waals surface area contributed by atoms with Gasteiger partial charge in [-0.25, -0.2) is 14.2 Å². The van der Waals surface area contributed by atoms with E-state index in [0.717, 1.165) is 12.8 Å². The van der Waals surface area contributed by atoms with E-state index < -0.39 is 17.7 Å². The van der Waals surface area contributed by atoms with Gasteiger partial charge in [0.25, 0.3) is 0 Å². The van der Waals surface area contributed by atoms with E-state index in [-0.39, 0.29) is 37.3 Å². The highest BCUT2D eigenvalue weighted by Crippen LogP contribution is 2.38. The zero-order valence-corrected chi connectivity index (χ0v) is 29.5. The molecule has 48 heavy (non-hydrogen) atoms. The number of carbonyl (C=O) groups is 1. The molecule has 0 radical (unpaired) electrons. The van der Waals surface area contributed by atoms with E-state index in [1.165, 1.54) is 12.1 Å². The second kappa shape index (κ2) is 16.1. The first kappa shape index (κ1) is 37.0. The predicted molar refractivity (Wildman–Crippen MR) is 184 cm³/mol. The van der Waals surface area contributed by atoms with Gasteiger partial charge in [-0.2, -0.15) is 9.61 Å². The van der Waals surface area contributed by atoms with E-state index >= 15 is 0 Å². The van der Waals surface area contributed by atoms with Crippen molar-refractivity contribution in [3.63, 3.8) is 0 Å². The molecular weight excluding hydrogens is 615 g/mol. The minimum atomic E-state index is -1.03. The van der Waals surface area contributed by atoms with Crippen LogP contribution in [-0.4, -0.2) is 64.2 Å². The van der Waals surface area contributed by atoms with Gasteiger partial charge in [0.2, 0.25) is 0 Å². The number of nitrogens with zero attached hydrogens (tertiary/aromatic N) is 4. The second-order valence-electron chi connectivity index (χ2n) is 13.4. The van der Waals surface area contributed by atoms with Crippen LogP contribution in [0.5, 0.6) is 5.75 Å². The van der Waals surface area contributed by atoms with Crippen molar-refractivity contribution in [3.8, 4) is 5.75 Å². The molecule has 1 aliphatic heterocycles. The first-order valence-corrected chi connectivity index (χ1v) is 16.6. The summed E-state index contributed by atoms with van der Waals surface area (Å²) < 4.78 is 46.1. The third-order valence-corrected chi connectivity index (χ3v) is 8.12. The molecule has 4 rings (SSSR count). The van der Waals surface area contributed by atoms with Crippen LogP contribution in [0.1, 0.15) is 89.4 Å². The van der Waals surface area contributed by atoms with Crippen molar-refractivity contribution in [3.05, 3.63) is 77.9 Å². The maximum absolute atomic E-state index is 14.2. The van der Waals surface area contributed by atoms with Gasteiger partial charge in [-0.15, -0.1) is 13.2 Å². The molecule has 0 N–H and O–H groups in total. The fourth-order valence-electron chi connectivity index (χ4n) is 5.78. The zero-order chi connectivity index (χ0) is 35.1. The quantitative estimate of drug-likeness (QED) is 0.116. The topological polar surface area (TPSA) is 96.7 Å². The molecule has 0 unspecified atom stereocenters. The van der Waals surface area contributed by atoms with Crippen LogP contribution in [0.3, 0.4) is 0 Å². The Morgan fingerprint density at radius 3 is 2.52 bits per heavy atom. The predicted octanol–water partition coefficient (Wildman–Crippen LogP) is 7.22. The summed E-state index contributed by atoms with van der Waals surface area (Å²) in [5, 5.41) is 4.92. The van der Waals surface area contributed by atoms with Crippen molar-refractivity contribution in [2.75, 3.05) is 31.2 Å². The summed E-state index contributed by atoms with van der Waals surface area (Å²) in [6.45, 7) is 23.2. The largest absolute Gasteiger partial charge is 0.490 e. The number of aryl methyl sites for hydroxylation is 1. The molecule has 1 saturated heterocycles. The number of anilines is 1. The zero-order valence-electron chi connectivity index (χ0n) is 29.5. The number of benzene rings is 1. The van der Waals surface area contributed by atoms with E-state index in [1.807, 2.05) is 40.7 Å². The van der Waals surface area contributed by atoms with Crippen LogP contribution >= 0.6 is 0 Å². The van der Waals surface area contributed by atoms with E-state index in [4.69, 9.17) is 33.8 Å². The Bertz CT molecular complexity index is 1570. The third kappa shape index (κ3) is 9.42.